The number of rotatable bonds is 11. The van der Waals surface area contributed by atoms with Gasteiger partial charge in [-0.05, 0) is 44.3 Å². The van der Waals surface area contributed by atoms with Gasteiger partial charge in [0.1, 0.15) is 12.4 Å². The summed E-state index contributed by atoms with van der Waals surface area (Å²) < 4.78 is 5.39. The molecule has 0 radical (unpaired) electrons. The van der Waals surface area contributed by atoms with Gasteiger partial charge in [-0.2, -0.15) is 0 Å². The first-order valence-electron chi connectivity index (χ1n) is 8.34. The second-order valence-electron chi connectivity index (χ2n) is 5.86. The second kappa shape index (κ2) is 11.7. The fraction of sp³-hybridized carbons (Fsp3) is 0.722. The first-order valence-corrected chi connectivity index (χ1v) is 8.34. The Morgan fingerprint density at radius 3 is 2.29 bits per heavy atom. The number of allylic oxidation sites excluding steroid dienone is 3. The van der Waals surface area contributed by atoms with Gasteiger partial charge in [-0.15, -0.1) is 0 Å². The molecule has 0 aromatic carbocycles. The van der Waals surface area contributed by atoms with E-state index in [9.17, 15) is 9.90 Å². The average Bonchev–Trinajstić information content (AvgIpc) is 2.80. The third-order valence-corrected chi connectivity index (χ3v) is 4.03. The van der Waals surface area contributed by atoms with Crippen LogP contribution in [0, 0.1) is 0 Å². The maximum atomic E-state index is 10.1. The Labute approximate surface area is 129 Å². The lowest BCUT2D eigenvalue weighted by atomic mass is 10.0. The van der Waals surface area contributed by atoms with Gasteiger partial charge in [-0.25, -0.2) is 0 Å². The first kappa shape index (κ1) is 18.1. The molecule has 1 rings (SSSR count). The second-order valence-corrected chi connectivity index (χ2v) is 5.86. The van der Waals surface area contributed by atoms with Crippen molar-refractivity contribution in [2.75, 3.05) is 6.61 Å². The molecule has 3 heteroatoms. The highest BCUT2D eigenvalue weighted by Crippen LogP contribution is 2.20. The minimum Gasteiger partial charge on any atom is -0.386 e. The van der Waals surface area contributed by atoms with E-state index in [0.717, 1.165) is 24.7 Å². The van der Waals surface area contributed by atoms with E-state index in [1.54, 1.807) is 6.08 Å². The van der Waals surface area contributed by atoms with Gasteiger partial charge in [0.15, 0.2) is 0 Å². The molecule has 0 aromatic heterocycles. The Bertz CT molecular complexity index is 333. The molecule has 3 nitrogen and oxygen atoms in total. The number of hydrogen-bond donors (Lipinski definition) is 1. The van der Waals surface area contributed by atoms with Gasteiger partial charge in [0.25, 0.3) is 0 Å². The molecule has 0 aromatic rings. The fourth-order valence-corrected chi connectivity index (χ4v) is 2.61. The Morgan fingerprint density at radius 1 is 1.10 bits per heavy atom. The van der Waals surface area contributed by atoms with Crippen molar-refractivity contribution in [2.45, 2.75) is 76.9 Å². The molecule has 1 N–H and O–H groups in total. The zero-order valence-electron chi connectivity index (χ0n) is 13.3. The van der Waals surface area contributed by atoms with Gasteiger partial charge < -0.3 is 9.84 Å². The molecule has 21 heavy (non-hydrogen) atoms. The lowest BCUT2D eigenvalue weighted by Crippen LogP contribution is -2.17. The van der Waals surface area contributed by atoms with E-state index in [4.69, 9.17) is 4.74 Å². The van der Waals surface area contributed by atoms with E-state index in [-0.39, 0.29) is 6.10 Å². The lowest BCUT2D eigenvalue weighted by Gasteiger charge is -2.06. The van der Waals surface area contributed by atoms with Gasteiger partial charge in [0, 0.05) is 0 Å². The molecule has 2 atom stereocenters. The summed E-state index contributed by atoms with van der Waals surface area (Å²) in [6.07, 6.45) is 17.0. The number of unbranched alkanes of at least 4 members (excludes halogenated alkanes) is 8. The molecule has 120 valence electrons. The minimum absolute atomic E-state index is 0.0439. The Morgan fingerprint density at radius 2 is 1.71 bits per heavy atom. The van der Waals surface area contributed by atoms with Gasteiger partial charge in [-0.1, -0.05) is 44.3 Å². The number of aliphatic hydroxyl groups is 1. The predicted octanol–water partition coefficient (Wildman–Crippen LogP) is 3.96. The van der Waals surface area contributed by atoms with E-state index < -0.39 is 6.10 Å². The maximum absolute atomic E-state index is 10.1. The maximum Gasteiger partial charge on any atom is 0.142 e. The summed E-state index contributed by atoms with van der Waals surface area (Å²) in [5.74, 6) is 0. The van der Waals surface area contributed by atoms with Crippen LogP contribution in [0.1, 0.15) is 64.7 Å². The number of hydrogen-bond acceptors (Lipinski definition) is 3. The zero-order valence-corrected chi connectivity index (χ0v) is 13.3. The molecule has 0 amide bonds. The van der Waals surface area contributed by atoms with E-state index >= 15 is 0 Å². The zero-order chi connectivity index (χ0) is 15.3. The summed E-state index contributed by atoms with van der Waals surface area (Å²) in [5.41, 5.74) is 1.06. The Hall–Kier alpha value is -0.930. The van der Waals surface area contributed by atoms with Crippen molar-refractivity contribution in [3.63, 3.8) is 0 Å². The SMILES string of the molecule is C[C@H]1OC/C(=C\CCCCCCCCC/C=C/C=O)[C@@H]1O. The van der Waals surface area contributed by atoms with Crippen LogP contribution < -0.4 is 0 Å². The molecule has 0 bridgehead atoms. The lowest BCUT2D eigenvalue weighted by molar-refractivity contribution is -0.104. The minimum atomic E-state index is -0.390. The monoisotopic (exact) mass is 294 g/mol. The molecule has 0 saturated carbocycles. The van der Waals surface area contributed by atoms with Gasteiger partial charge >= 0.3 is 0 Å². The fourth-order valence-electron chi connectivity index (χ4n) is 2.61. The first-order chi connectivity index (χ1) is 10.3. The van der Waals surface area contributed by atoms with Crippen molar-refractivity contribution < 1.29 is 14.6 Å². The quantitative estimate of drug-likeness (QED) is 0.271. The topological polar surface area (TPSA) is 46.5 Å². The number of ether oxygens (including phenoxy) is 1. The summed E-state index contributed by atoms with van der Waals surface area (Å²) >= 11 is 0. The van der Waals surface area contributed by atoms with Crippen LogP contribution in [0.2, 0.25) is 0 Å². The molecule has 1 heterocycles. The predicted molar refractivity (Wildman–Crippen MR) is 86.3 cm³/mol. The van der Waals surface area contributed by atoms with Crippen LogP contribution in [0.25, 0.3) is 0 Å². The van der Waals surface area contributed by atoms with Crippen molar-refractivity contribution in [1.29, 1.82) is 0 Å². The van der Waals surface area contributed by atoms with E-state index in [1.165, 1.54) is 44.9 Å². The van der Waals surface area contributed by atoms with Crippen molar-refractivity contribution in [1.82, 2.24) is 0 Å². The Kier molecular flexibility index (Phi) is 10.1. The molecule has 1 fully saturated rings. The van der Waals surface area contributed by atoms with Crippen LogP contribution in [-0.4, -0.2) is 30.2 Å². The highest BCUT2D eigenvalue weighted by molar-refractivity contribution is 5.64. The molecule has 0 unspecified atom stereocenters. The molecule has 1 aliphatic rings. The number of carbonyl (C=O) groups is 1. The van der Waals surface area contributed by atoms with Crippen LogP contribution in [0.5, 0.6) is 0 Å². The van der Waals surface area contributed by atoms with Crippen molar-refractivity contribution in [3.8, 4) is 0 Å². The van der Waals surface area contributed by atoms with E-state index in [0.29, 0.717) is 6.61 Å². The van der Waals surface area contributed by atoms with Gasteiger partial charge in [-0.3, -0.25) is 4.79 Å². The average molecular weight is 294 g/mol. The molecule has 1 saturated heterocycles. The molecule has 0 aliphatic carbocycles. The highest BCUT2D eigenvalue weighted by atomic mass is 16.5. The smallest absolute Gasteiger partial charge is 0.142 e. The summed E-state index contributed by atoms with van der Waals surface area (Å²) in [5, 5.41) is 9.82. The normalized spacial score (nSPS) is 24.2. The van der Waals surface area contributed by atoms with Crippen LogP contribution in [0.4, 0.5) is 0 Å². The summed E-state index contributed by atoms with van der Waals surface area (Å²) in [6, 6.07) is 0. The van der Waals surface area contributed by atoms with Crippen LogP contribution in [0.15, 0.2) is 23.8 Å². The van der Waals surface area contributed by atoms with Crippen LogP contribution >= 0.6 is 0 Å². The standard InChI is InChI=1S/C18H30O3/c1-16-18(20)17(15-21-16)13-11-9-7-5-3-2-4-6-8-10-12-14-19/h10,12-14,16,18,20H,2-9,11,15H2,1H3/b12-10+,17-13+/t16-,18-/m1/s1. The Balaban J connectivity index is 1.88. The third kappa shape index (κ3) is 8.18. The molecular weight excluding hydrogens is 264 g/mol. The number of aldehydes is 1. The number of aliphatic hydroxyl groups excluding tert-OH is 1. The highest BCUT2D eigenvalue weighted by Gasteiger charge is 2.26. The van der Waals surface area contributed by atoms with Gasteiger partial charge in [0.05, 0.1) is 12.7 Å². The van der Waals surface area contributed by atoms with Crippen molar-refractivity contribution >= 4 is 6.29 Å². The summed E-state index contributed by atoms with van der Waals surface area (Å²) in [7, 11) is 0. The van der Waals surface area contributed by atoms with Crippen molar-refractivity contribution in [2.24, 2.45) is 0 Å². The largest absolute Gasteiger partial charge is 0.386 e. The van der Waals surface area contributed by atoms with E-state index in [2.05, 4.69) is 6.08 Å². The molecule has 1 aliphatic heterocycles. The molecule has 0 spiro atoms. The van der Waals surface area contributed by atoms with Crippen LogP contribution in [0.3, 0.4) is 0 Å². The van der Waals surface area contributed by atoms with Gasteiger partial charge in [0.2, 0.25) is 0 Å². The van der Waals surface area contributed by atoms with Crippen LogP contribution in [-0.2, 0) is 9.53 Å². The summed E-state index contributed by atoms with van der Waals surface area (Å²) in [4.78, 5) is 10.1. The number of carbonyl (C=O) groups excluding carboxylic acids is 1. The van der Waals surface area contributed by atoms with E-state index in [1.807, 2.05) is 13.0 Å². The molecular formula is C18H30O3. The summed E-state index contributed by atoms with van der Waals surface area (Å²) in [6.45, 7) is 2.52. The van der Waals surface area contributed by atoms with Crippen molar-refractivity contribution in [3.05, 3.63) is 23.8 Å². The third-order valence-electron chi connectivity index (χ3n) is 4.03.